The molecule has 0 aromatic carbocycles. The van der Waals surface area contributed by atoms with Gasteiger partial charge >= 0.3 is 0 Å². The minimum atomic E-state index is 0.760. The van der Waals surface area contributed by atoms with Gasteiger partial charge in [-0.05, 0) is 12.2 Å². The smallest absolute Gasteiger partial charge is 0.116 e. The van der Waals surface area contributed by atoms with Gasteiger partial charge in [-0.25, -0.2) is 0 Å². The predicted molar refractivity (Wildman–Crippen MR) is 60.0 cm³/mol. The van der Waals surface area contributed by atoms with E-state index in [4.69, 9.17) is 7.85 Å². The summed E-state index contributed by atoms with van der Waals surface area (Å²) in [5.74, 6) is 1.07. The molecule has 0 unspecified atom stereocenters. The van der Waals surface area contributed by atoms with Crippen molar-refractivity contribution < 1.29 is 0 Å². The minimum absolute atomic E-state index is 0.760. The summed E-state index contributed by atoms with van der Waals surface area (Å²) in [7, 11) is 5.68. The van der Waals surface area contributed by atoms with Crippen molar-refractivity contribution >= 4 is 25.1 Å². The molecule has 0 aliphatic rings. The Balaban J connectivity index is 2.89. The minimum Gasteiger partial charge on any atom is -0.261 e. The highest BCUT2D eigenvalue weighted by Gasteiger charge is 2.02. The lowest BCUT2D eigenvalue weighted by molar-refractivity contribution is 0.858. The maximum atomic E-state index is 5.68. The molecule has 2 radical (unpaired) electrons. The summed E-state index contributed by atoms with van der Waals surface area (Å²) in [6.45, 7) is 4.31. The van der Waals surface area contributed by atoms with Crippen LogP contribution < -0.4 is 5.46 Å². The lowest BCUT2D eigenvalue weighted by Gasteiger charge is -2.06. The van der Waals surface area contributed by atoms with Crippen LogP contribution in [-0.2, 0) is 6.42 Å². The molecule has 0 amide bonds. The van der Waals surface area contributed by atoms with E-state index in [1.165, 1.54) is 10.6 Å². The lowest BCUT2D eigenvalue weighted by Crippen LogP contribution is -2.06. The molecule has 1 aromatic rings. The van der Waals surface area contributed by atoms with Gasteiger partial charge in [-0.15, -0.1) is 11.8 Å². The summed E-state index contributed by atoms with van der Waals surface area (Å²) in [5.41, 5.74) is 1.94. The molecule has 0 fully saturated rings. The zero-order valence-corrected chi connectivity index (χ0v) is 9.03. The van der Waals surface area contributed by atoms with Gasteiger partial charge in [0.25, 0.3) is 0 Å². The lowest BCUT2D eigenvalue weighted by atomic mass is 9.98. The van der Waals surface area contributed by atoms with Gasteiger partial charge in [0.2, 0.25) is 0 Å². The summed E-state index contributed by atoms with van der Waals surface area (Å²) in [6, 6.07) is 2.02. The molecule has 0 atom stereocenters. The Labute approximate surface area is 85.8 Å². The van der Waals surface area contributed by atoms with Crippen molar-refractivity contribution in [3.8, 4) is 0 Å². The number of pyridine rings is 1. The molecular formula is C10H14BNS. The summed E-state index contributed by atoms with van der Waals surface area (Å²) in [6.07, 6.45) is 3.92. The highest BCUT2D eigenvalue weighted by atomic mass is 32.2. The Kier molecular flexibility index (Phi) is 4.36. The van der Waals surface area contributed by atoms with E-state index in [2.05, 4.69) is 18.8 Å². The van der Waals surface area contributed by atoms with Crippen LogP contribution in [0, 0.1) is 0 Å². The van der Waals surface area contributed by atoms with Gasteiger partial charge in [0.15, 0.2) is 0 Å². The third kappa shape index (κ3) is 3.07. The van der Waals surface area contributed by atoms with Gasteiger partial charge in [0.1, 0.15) is 7.85 Å². The summed E-state index contributed by atoms with van der Waals surface area (Å²) in [5, 5.41) is 0. The first kappa shape index (κ1) is 10.6. The molecule has 68 valence electrons. The molecule has 0 bridgehead atoms. The van der Waals surface area contributed by atoms with Crippen molar-refractivity contribution in [3.63, 3.8) is 0 Å². The van der Waals surface area contributed by atoms with Gasteiger partial charge in [-0.2, -0.15) is 0 Å². The number of hydrogen-bond acceptors (Lipinski definition) is 2. The van der Waals surface area contributed by atoms with Gasteiger partial charge in [-0.1, -0.05) is 31.8 Å². The summed E-state index contributed by atoms with van der Waals surface area (Å²) < 4.78 is 0. The molecule has 1 nitrogen and oxygen atoms in total. The van der Waals surface area contributed by atoms with E-state index in [-0.39, 0.29) is 0 Å². The van der Waals surface area contributed by atoms with E-state index in [1.54, 1.807) is 6.20 Å². The van der Waals surface area contributed by atoms with Gasteiger partial charge in [0, 0.05) is 11.1 Å². The second kappa shape index (κ2) is 5.33. The molecule has 1 rings (SSSR count). The van der Waals surface area contributed by atoms with Crippen molar-refractivity contribution in [1.82, 2.24) is 4.98 Å². The van der Waals surface area contributed by atoms with Crippen molar-refractivity contribution in [2.75, 3.05) is 5.75 Å². The van der Waals surface area contributed by atoms with Crippen LogP contribution in [-0.4, -0.2) is 18.6 Å². The zero-order valence-electron chi connectivity index (χ0n) is 8.21. The SMILES string of the molecule is [B]c1cnc(CCC)c(SCC)c1. The third-order valence-electron chi connectivity index (χ3n) is 1.74. The van der Waals surface area contributed by atoms with E-state index < -0.39 is 0 Å². The Morgan fingerprint density at radius 1 is 1.46 bits per heavy atom. The van der Waals surface area contributed by atoms with Gasteiger partial charge in [0.05, 0.1) is 5.69 Å². The quantitative estimate of drug-likeness (QED) is 0.532. The molecule has 0 spiro atoms. The van der Waals surface area contributed by atoms with Crippen LogP contribution in [0.3, 0.4) is 0 Å². The number of rotatable bonds is 4. The van der Waals surface area contributed by atoms with Crippen molar-refractivity contribution in [3.05, 3.63) is 18.0 Å². The molecule has 0 aliphatic carbocycles. The average molecular weight is 191 g/mol. The fourth-order valence-electron chi connectivity index (χ4n) is 1.19. The predicted octanol–water partition coefficient (Wildman–Crippen LogP) is 1.94. The van der Waals surface area contributed by atoms with E-state index in [9.17, 15) is 0 Å². The molecule has 0 saturated heterocycles. The Morgan fingerprint density at radius 2 is 2.23 bits per heavy atom. The van der Waals surface area contributed by atoms with Crippen molar-refractivity contribution in [1.29, 1.82) is 0 Å². The number of hydrogen-bond donors (Lipinski definition) is 0. The molecule has 0 aliphatic heterocycles. The van der Waals surface area contributed by atoms with E-state index >= 15 is 0 Å². The first-order valence-electron chi connectivity index (χ1n) is 4.65. The standard InChI is InChI=1S/C10H14BNS/c1-3-5-9-10(13-4-2)6-8(11)7-12-9/h6-7H,3-5H2,1-2H3. The highest BCUT2D eigenvalue weighted by Crippen LogP contribution is 2.20. The maximum Gasteiger partial charge on any atom is 0.116 e. The second-order valence-corrected chi connectivity index (χ2v) is 4.20. The number of thioether (sulfide) groups is 1. The van der Waals surface area contributed by atoms with E-state index in [0.717, 1.165) is 24.1 Å². The fraction of sp³-hybridized carbons (Fsp3) is 0.500. The van der Waals surface area contributed by atoms with Crippen LogP contribution in [0.25, 0.3) is 0 Å². The topological polar surface area (TPSA) is 12.9 Å². The molecule has 0 N–H and O–H groups in total. The van der Waals surface area contributed by atoms with Crippen LogP contribution in [0.4, 0.5) is 0 Å². The zero-order chi connectivity index (χ0) is 9.68. The van der Waals surface area contributed by atoms with Crippen LogP contribution in [0.1, 0.15) is 26.0 Å². The van der Waals surface area contributed by atoms with Crippen molar-refractivity contribution in [2.24, 2.45) is 0 Å². The van der Waals surface area contributed by atoms with Crippen LogP contribution in [0.5, 0.6) is 0 Å². The largest absolute Gasteiger partial charge is 0.261 e. The summed E-state index contributed by atoms with van der Waals surface area (Å²) in [4.78, 5) is 5.58. The number of aromatic nitrogens is 1. The second-order valence-electron chi connectivity index (χ2n) is 2.90. The van der Waals surface area contributed by atoms with Crippen LogP contribution in [0.15, 0.2) is 17.2 Å². The fourth-order valence-corrected chi connectivity index (χ4v) is 2.04. The number of nitrogens with zero attached hydrogens (tertiary/aromatic N) is 1. The average Bonchev–Trinajstić information content (AvgIpc) is 2.10. The van der Waals surface area contributed by atoms with E-state index in [1.807, 2.05) is 17.8 Å². The monoisotopic (exact) mass is 191 g/mol. The Morgan fingerprint density at radius 3 is 2.85 bits per heavy atom. The molecular weight excluding hydrogens is 177 g/mol. The molecule has 3 heteroatoms. The third-order valence-corrected chi connectivity index (χ3v) is 2.69. The molecule has 1 heterocycles. The van der Waals surface area contributed by atoms with Crippen LogP contribution >= 0.6 is 11.8 Å². The van der Waals surface area contributed by atoms with Crippen LogP contribution in [0.2, 0.25) is 0 Å². The summed E-state index contributed by atoms with van der Waals surface area (Å²) >= 11 is 1.81. The highest BCUT2D eigenvalue weighted by molar-refractivity contribution is 7.99. The maximum absolute atomic E-state index is 5.68. The normalized spacial score (nSPS) is 10.3. The number of aryl methyl sites for hydroxylation is 1. The Bertz CT molecular complexity index is 276. The molecule has 0 saturated carbocycles. The Hall–Kier alpha value is -0.435. The van der Waals surface area contributed by atoms with Crippen molar-refractivity contribution in [2.45, 2.75) is 31.6 Å². The van der Waals surface area contributed by atoms with Gasteiger partial charge in [-0.3, -0.25) is 4.98 Å². The molecule has 13 heavy (non-hydrogen) atoms. The first-order valence-corrected chi connectivity index (χ1v) is 5.63. The molecule has 1 aromatic heterocycles. The first-order chi connectivity index (χ1) is 6.27. The van der Waals surface area contributed by atoms with Gasteiger partial charge < -0.3 is 0 Å². The van der Waals surface area contributed by atoms with E-state index in [0.29, 0.717) is 0 Å².